The van der Waals surface area contributed by atoms with Crippen molar-refractivity contribution in [1.82, 2.24) is 14.5 Å². The summed E-state index contributed by atoms with van der Waals surface area (Å²) in [4.78, 5) is 12.7. The summed E-state index contributed by atoms with van der Waals surface area (Å²) in [7, 11) is 0. The highest BCUT2D eigenvalue weighted by atomic mass is 15.1. The highest BCUT2D eigenvalue weighted by molar-refractivity contribution is 5.80. The average Bonchev–Trinajstić information content (AvgIpc) is 3.23. The smallest absolute Gasteiger partial charge is 0.187 e. The Hall–Kier alpha value is -4.67. The first-order valence-corrected chi connectivity index (χ1v) is 10.3. The van der Waals surface area contributed by atoms with Gasteiger partial charge in [0.25, 0.3) is 0 Å². The Balaban J connectivity index is 1.43. The Bertz CT molecular complexity index is 1480. The summed E-state index contributed by atoms with van der Waals surface area (Å²) in [6.45, 7) is 7.72. The van der Waals surface area contributed by atoms with Crippen LogP contribution in [-0.2, 0) is 6.54 Å². The molecular weight excluding hydrogens is 392 g/mol. The Labute approximate surface area is 186 Å². The van der Waals surface area contributed by atoms with Crippen LogP contribution in [0.3, 0.4) is 0 Å². The van der Waals surface area contributed by atoms with E-state index in [0.717, 1.165) is 39.2 Å². The van der Waals surface area contributed by atoms with Crippen molar-refractivity contribution in [2.75, 3.05) is 0 Å². The molecule has 5 rings (SSSR count). The number of benzene rings is 3. The summed E-state index contributed by atoms with van der Waals surface area (Å²) in [5.41, 5.74) is 6.53. The summed E-state index contributed by atoms with van der Waals surface area (Å²) in [5, 5.41) is 0. The molecule has 5 aromatic rings. The average molecular weight is 410 g/mol. The van der Waals surface area contributed by atoms with Gasteiger partial charge in [0.1, 0.15) is 5.69 Å². The van der Waals surface area contributed by atoms with Crippen LogP contribution in [0.2, 0.25) is 0 Å². The first-order chi connectivity index (χ1) is 15.8. The van der Waals surface area contributed by atoms with Gasteiger partial charge in [-0.05, 0) is 42.0 Å². The molecule has 0 unspecified atom stereocenters. The van der Waals surface area contributed by atoms with E-state index in [1.54, 1.807) is 18.3 Å². The van der Waals surface area contributed by atoms with Crippen molar-refractivity contribution in [2.24, 2.45) is 0 Å². The molecular formula is C28H18N4. The number of para-hydroxylation sites is 2. The van der Waals surface area contributed by atoms with Gasteiger partial charge < -0.3 is 4.57 Å². The summed E-state index contributed by atoms with van der Waals surface area (Å²) < 4.78 is 2.21. The molecule has 0 atom stereocenters. The second kappa shape index (κ2) is 8.60. The topological polar surface area (TPSA) is 35.1 Å². The van der Waals surface area contributed by atoms with E-state index in [1.165, 1.54) is 0 Å². The van der Waals surface area contributed by atoms with Gasteiger partial charge in [-0.25, -0.2) is 9.83 Å². The van der Waals surface area contributed by atoms with Gasteiger partial charge in [0.2, 0.25) is 0 Å². The maximum atomic E-state index is 7.03. The zero-order valence-electron chi connectivity index (χ0n) is 17.2. The molecule has 0 spiro atoms. The SMILES string of the molecule is [C-]#[N+]c1ccc(C#Cc2ccc(Cn3c(-c4ccccn4)nc4ccccc43)cc2)cc1. The normalized spacial score (nSPS) is 10.3. The fourth-order valence-electron chi connectivity index (χ4n) is 3.57. The Morgan fingerprint density at radius 2 is 1.47 bits per heavy atom. The lowest BCUT2D eigenvalue weighted by molar-refractivity contribution is 0.830. The molecule has 4 nitrogen and oxygen atoms in total. The van der Waals surface area contributed by atoms with Crippen LogP contribution < -0.4 is 0 Å². The molecule has 2 aromatic heterocycles. The van der Waals surface area contributed by atoms with Gasteiger partial charge in [-0.3, -0.25) is 4.98 Å². The lowest BCUT2D eigenvalue weighted by atomic mass is 10.1. The number of fused-ring (bicyclic) bond motifs is 1. The summed E-state index contributed by atoms with van der Waals surface area (Å²) >= 11 is 0. The van der Waals surface area contributed by atoms with Crippen LogP contribution >= 0.6 is 0 Å². The molecule has 0 aliphatic heterocycles. The number of pyridine rings is 1. The fourth-order valence-corrected chi connectivity index (χ4v) is 3.57. The van der Waals surface area contributed by atoms with Gasteiger partial charge >= 0.3 is 0 Å². The molecule has 0 fully saturated rings. The maximum Gasteiger partial charge on any atom is 0.187 e. The third-order valence-electron chi connectivity index (χ3n) is 5.19. The molecule has 4 heteroatoms. The summed E-state index contributed by atoms with van der Waals surface area (Å²) in [5.74, 6) is 7.21. The Morgan fingerprint density at radius 3 is 2.16 bits per heavy atom. The monoisotopic (exact) mass is 410 g/mol. The molecule has 0 saturated carbocycles. The van der Waals surface area contributed by atoms with E-state index < -0.39 is 0 Å². The molecule has 0 amide bonds. The van der Waals surface area contributed by atoms with E-state index in [4.69, 9.17) is 11.6 Å². The molecule has 32 heavy (non-hydrogen) atoms. The highest BCUT2D eigenvalue weighted by Gasteiger charge is 2.13. The van der Waals surface area contributed by atoms with Gasteiger partial charge in [0.15, 0.2) is 11.5 Å². The van der Waals surface area contributed by atoms with Crippen molar-refractivity contribution >= 4 is 16.7 Å². The minimum absolute atomic E-state index is 0.622. The van der Waals surface area contributed by atoms with Crippen molar-refractivity contribution < 1.29 is 0 Å². The second-order valence-electron chi connectivity index (χ2n) is 7.33. The largest absolute Gasteiger partial charge is 0.318 e. The molecule has 0 N–H and O–H groups in total. The summed E-state index contributed by atoms with van der Waals surface area (Å²) in [6, 6.07) is 29.6. The lowest BCUT2D eigenvalue weighted by Crippen LogP contribution is -2.03. The summed E-state index contributed by atoms with van der Waals surface area (Å²) in [6.07, 6.45) is 1.79. The van der Waals surface area contributed by atoms with Crippen LogP contribution in [0.1, 0.15) is 16.7 Å². The number of hydrogen-bond donors (Lipinski definition) is 0. The zero-order chi connectivity index (χ0) is 21.8. The van der Waals surface area contributed by atoms with Crippen LogP contribution in [0, 0.1) is 18.4 Å². The molecule has 0 saturated heterocycles. The molecule has 0 aliphatic rings. The van der Waals surface area contributed by atoms with E-state index in [1.807, 2.05) is 60.7 Å². The Kier molecular flexibility index (Phi) is 5.19. The lowest BCUT2D eigenvalue weighted by Gasteiger charge is -2.09. The van der Waals surface area contributed by atoms with Crippen LogP contribution in [0.25, 0.3) is 27.4 Å². The van der Waals surface area contributed by atoms with Crippen LogP contribution in [0.4, 0.5) is 5.69 Å². The van der Waals surface area contributed by atoms with Gasteiger partial charge in [-0.1, -0.05) is 66.4 Å². The van der Waals surface area contributed by atoms with Gasteiger partial charge in [0, 0.05) is 23.9 Å². The number of aromatic nitrogens is 3. The molecule has 2 heterocycles. The van der Waals surface area contributed by atoms with Gasteiger partial charge in [-0.2, -0.15) is 0 Å². The van der Waals surface area contributed by atoms with E-state index in [2.05, 4.69) is 44.4 Å². The van der Waals surface area contributed by atoms with E-state index in [0.29, 0.717) is 12.2 Å². The zero-order valence-corrected chi connectivity index (χ0v) is 17.2. The Morgan fingerprint density at radius 1 is 0.781 bits per heavy atom. The predicted octanol–water partition coefficient (Wildman–Crippen LogP) is 6.10. The van der Waals surface area contributed by atoms with Crippen molar-refractivity contribution in [3.05, 3.63) is 125 Å². The van der Waals surface area contributed by atoms with Crippen LogP contribution in [0.15, 0.2) is 97.2 Å². The molecule has 0 aliphatic carbocycles. The molecule has 3 aromatic carbocycles. The highest BCUT2D eigenvalue weighted by Crippen LogP contribution is 2.24. The molecule has 0 bridgehead atoms. The van der Waals surface area contributed by atoms with Crippen molar-refractivity contribution in [2.45, 2.75) is 6.54 Å². The van der Waals surface area contributed by atoms with E-state index in [-0.39, 0.29) is 0 Å². The van der Waals surface area contributed by atoms with Gasteiger partial charge in [0.05, 0.1) is 17.6 Å². The third kappa shape index (κ3) is 3.99. The quantitative estimate of drug-likeness (QED) is 0.266. The first-order valence-electron chi connectivity index (χ1n) is 10.3. The van der Waals surface area contributed by atoms with E-state index >= 15 is 0 Å². The van der Waals surface area contributed by atoms with Crippen LogP contribution in [-0.4, -0.2) is 14.5 Å². The number of rotatable bonds is 3. The van der Waals surface area contributed by atoms with Crippen molar-refractivity contribution in [3.63, 3.8) is 0 Å². The second-order valence-corrected chi connectivity index (χ2v) is 7.33. The standard InChI is InChI=1S/C28H18N4/c1-29-24-17-15-22(16-18-24)10-9-21-11-13-23(14-12-21)20-32-27-8-3-2-6-25(27)31-28(32)26-7-4-5-19-30-26/h2-8,11-19H,20H2. The van der Waals surface area contributed by atoms with Crippen molar-refractivity contribution in [1.29, 1.82) is 0 Å². The van der Waals surface area contributed by atoms with E-state index in [9.17, 15) is 0 Å². The minimum Gasteiger partial charge on any atom is -0.318 e. The first kappa shape index (κ1) is 19.3. The fraction of sp³-hybridized carbons (Fsp3) is 0.0357. The van der Waals surface area contributed by atoms with Crippen molar-refractivity contribution in [3.8, 4) is 23.4 Å². The third-order valence-corrected chi connectivity index (χ3v) is 5.19. The molecule has 150 valence electrons. The van der Waals surface area contributed by atoms with Gasteiger partial charge in [-0.15, -0.1) is 0 Å². The number of hydrogen-bond acceptors (Lipinski definition) is 2. The molecule has 0 radical (unpaired) electrons. The minimum atomic E-state index is 0.622. The van der Waals surface area contributed by atoms with Crippen LogP contribution in [0.5, 0.6) is 0 Å². The number of nitrogens with zero attached hydrogens (tertiary/aromatic N) is 4. The maximum absolute atomic E-state index is 7.03. The number of imidazole rings is 1. The predicted molar refractivity (Wildman–Crippen MR) is 127 cm³/mol.